The van der Waals surface area contributed by atoms with Crippen LogP contribution in [-0.2, 0) is 19.0 Å². The Morgan fingerprint density at radius 2 is 2.00 bits per heavy atom. The third-order valence-electron chi connectivity index (χ3n) is 3.57. The number of ether oxygens (including phenoxy) is 3. The summed E-state index contributed by atoms with van der Waals surface area (Å²) >= 11 is 3.32. The molecule has 0 aromatic rings. The molecule has 2 unspecified atom stereocenters. The van der Waals surface area contributed by atoms with Crippen LogP contribution in [0.4, 0.5) is 0 Å². The second-order valence-electron chi connectivity index (χ2n) is 4.80. The van der Waals surface area contributed by atoms with Gasteiger partial charge in [-0.25, -0.2) is 0 Å². The lowest BCUT2D eigenvalue weighted by Gasteiger charge is -2.43. The van der Waals surface area contributed by atoms with E-state index in [9.17, 15) is 4.79 Å². The normalized spacial score (nSPS) is 36.4. The van der Waals surface area contributed by atoms with Crippen LogP contribution in [0, 0.1) is 11.8 Å². The van der Waals surface area contributed by atoms with Crippen molar-refractivity contribution in [3.05, 3.63) is 0 Å². The van der Waals surface area contributed by atoms with Crippen LogP contribution in [0.3, 0.4) is 0 Å². The zero-order valence-corrected chi connectivity index (χ0v) is 13.1. The van der Waals surface area contributed by atoms with Crippen LogP contribution in [0.2, 0.25) is 0 Å². The van der Waals surface area contributed by atoms with Crippen molar-refractivity contribution in [2.75, 3.05) is 11.9 Å². The SMILES string of the molecule is CCC1O[C@@H](OCCBr)C(OC(C)=O)[C@@H](C)[C@@H]1C. The molecule has 1 fully saturated rings. The number of esters is 1. The molecule has 0 saturated carbocycles. The van der Waals surface area contributed by atoms with Crippen molar-refractivity contribution in [1.82, 2.24) is 0 Å². The van der Waals surface area contributed by atoms with Gasteiger partial charge in [-0.05, 0) is 12.3 Å². The van der Waals surface area contributed by atoms with Crippen molar-refractivity contribution in [3.63, 3.8) is 0 Å². The summed E-state index contributed by atoms with van der Waals surface area (Å²) in [6.07, 6.45) is 0.320. The first kappa shape index (κ1) is 15.9. The molecule has 0 spiro atoms. The van der Waals surface area contributed by atoms with Gasteiger partial charge in [-0.2, -0.15) is 0 Å². The molecule has 1 aliphatic heterocycles. The van der Waals surface area contributed by atoms with Gasteiger partial charge in [0, 0.05) is 18.2 Å². The zero-order valence-electron chi connectivity index (χ0n) is 11.5. The Bertz CT molecular complexity index is 272. The summed E-state index contributed by atoms with van der Waals surface area (Å²) in [7, 11) is 0. The Morgan fingerprint density at radius 1 is 1.33 bits per heavy atom. The molecule has 1 saturated heterocycles. The molecule has 1 aliphatic rings. The van der Waals surface area contributed by atoms with Crippen LogP contribution >= 0.6 is 15.9 Å². The van der Waals surface area contributed by atoms with Gasteiger partial charge in [-0.1, -0.05) is 36.7 Å². The number of carbonyl (C=O) groups is 1. The molecule has 0 aromatic carbocycles. The zero-order chi connectivity index (χ0) is 13.7. The Labute approximate surface area is 117 Å². The quantitative estimate of drug-likeness (QED) is 0.576. The van der Waals surface area contributed by atoms with E-state index >= 15 is 0 Å². The highest BCUT2D eigenvalue weighted by Crippen LogP contribution is 2.34. The molecule has 0 aromatic heterocycles. The maximum Gasteiger partial charge on any atom is 0.303 e. The van der Waals surface area contributed by atoms with Crippen LogP contribution in [0.1, 0.15) is 34.1 Å². The van der Waals surface area contributed by atoms with Gasteiger partial charge in [0.2, 0.25) is 0 Å². The number of alkyl halides is 1. The molecule has 18 heavy (non-hydrogen) atoms. The van der Waals surface area contributed by atoms with Gasteiger partial charge >= 0.3 is 5.97 Å². The summed E-state index contributed by atoms with van der Waals surface area (Å²) in [5, 5.41) is 0.736. The van der Waals surface area contributed by atoms with Crippen LogP contribution in [-0.4, -0.2) is 36.4 Å². The van der Waals surface area contributed by atoms with E-state index in [4.69, 9.17) is 14.2 Å². The fourth-order valence-corrected chi connectivity index (χ4v) is 2.56. The summed E-state index contributed by atoms with van der Waals surface area (Å²) < 4.78 is 16.9. The lowest BCUT2D eigenvalue weighted by Crippen LogP contribution is -2.52. The molecule has 106 valence electrons. The standard InChI is InChI=1S/C13H23BrO4/c1-5-11-8(2)9(3)12(17-10(4)15)13(18-11)16-7-6-14/h8-9,11-13H,5-7H2,1-4H3/t8-,9-,11?,12?,13+/m0/s1. The minimum Gasteiger partial charge on any atom is -0.457 e. The Hall–Kier alpha value is -0.130. The molecule has 0 radical (unpaired) electrons. The number of hydrogen-bond acceptors (Lipinski definition) is 4. The molecule has 0 N–H and O–H groups in total. The second kappa shape index (κ2) is 7.46. The number of rotatable bonds is 5. The summed E-state index contributed by atoms with van der Waals surface area (Å²) in [4.78, 5) is 11.2. The molecule has 0 bridgehead atoms. The largest absolute Gasteiger partial charge is 0.457 e. The van der Waals surface area contributed by atoms with E-state index in [1.807, 2.05) is 0 Å². The summed E-state index contributed by atoms with van der Waals surface area (Å²) in [5.41, 5.74) is 0. The van der Waals surface area contributed by atoms with Gasteiger partial charge in [-0.3, -0.25) is 4.79 Å². The Morgan fingerprint density at radius 3 is 2.50 bits per heavy atom. The first-order chi connectivity index (χ1) is 8.51. The fourth-order valence-electron chi connectivity index (χ4n) is 2.38. The van der Waals surface area contributed by atoms with Crippen LogP contribution in [0.25, 0.3) is 0 Å². The highest BCUT2D eigenvalue weighted by Gasteiger charge is 2.43. The van der Waals surface area contributed by atoms with Crippen molar-refractivity contribution in [2.24, 2.45) is 11.8 Å². The van der Waals surface area contributed by atoms with Gasteiger partial charge in [0.15, 0.2) is 12.4 Å². The predicted octanol–water partition coefficient (Wildman–Crippen LogP) is 2.74. The monoisotopic (exact) mass is 322 g/mol. The van der Waals surface area contributed by atoms with E-state index in [0.29, 0.717) is 12.5 Å². The van der Waals surface area contributed by atoms with Crippen molar-refractivity contribution in [3.8, 4) is 0 Å². The van der Waals surface area contributed by atoms with Crippen LogP contribution in [0.5, 0.6) is 0 Å². The maximum absolute atomic E-state index is 11.2. The smallest absolute Gasteiger partial charge is 0.303 e. The third kappa shape index (κ3) is 3.93. The van der Waals surface area contributed by atoms with Crippen LogP contribution in [0.15, 0.2) is 0 Å². The second-order valence-corrected chi connectivity index (χ2v) is 5.60. The van der Waals surface area contributed by atoms with Crippen molar-refractivity contribution in [2.45, 2.75) is 52.6 Å². The molecular formula is C13H23BrO4. The van der Waals surface area contributed by atoms with E-state index in [-0.39, 0.29) is 24.1 Å². The van der Waals surface area contributed by atoms with Crippen molar-refractivity contribution < 1.29 is 19.0 Å². The lowest BCUT2D eigenvalue weighted by atomic mass is 9.82. The molecular weight excluding hydrogens is 300 g/mol. The minimum atomic E-state index is -0.456. The summed E-state index contributed by atoms with van der Waals surface area (Å²) in [5.74, 6) is 0.293. The highest BCUT2D eigenvalue weighted by atomic mass is 79.9. The highest BCUT2D eigenvalue weighted by molar-refractivity contribution is 9.09. The van der Waals surface area contributed by atoms with E-state index in [1.54, 1.807) is 0 Å². The summed E-state index contributed by atoms with van der Waals surface area (Å²) in [6.45, 7) is 8.29. The first-order valence-corrected chi connectivity index (χ1v) is 7.63. The third-order valence-corrected chi connectivity index (χ3v) is 3.90. The van der Waals surface area contributed by atoms with Crippen molar-refractivity contribution in [1.29, 1.82) is 0 Å². The molecule has 5 heteroatoms. The van der Waals surface area contributed by atoms with E-state index in [0.717, 1.165) is 11.8 Å². The van der Waals surface area contributed by atoms with Gasteiger partial charge in [-0.15, -0.1) is 0 Å². The minimum absolute atomic E-state index is 0.159. The average Bonchev–Trinajstić information content (AvgIpc) is 2.33. The molecule has 1 heterocycles. The molecule has 0 amide bonds. The van der Waals surface area contributed by atoms with E-state index in [1.165, 1.54) is 6.92 Å². The maximum atomic E-state index is 11.2. The summed E-state index contributed by atoms with van der Waals surface area (Å²) in [6, 6.07) is 0. The van der Waals surface area contributed by atoms with Gasteiger partial charge in [0.25, 0.3) is 0 Å². The van der Waals surface area contributed by atoms with Gasteiger partial charge < -0.3 is 14.2 Å². The fraction of sp³-hybridized carbons (Fsp3) is 0.923. The first-order valence-electron chi connectivity index (χ1n) is 6.51. The molecule has 4 nitrogen and oxygen atoms in total. The van der Waals surface area contributed by atoms with E-state index < -0.39 is 6.29 Å². The number of carbonyl (C=O) groups excluding carboxylic acids is 1. The predicted molar refractivity (Wildman–Crippen MR) is 72.6 cm³/mol. The van der Waals surface area contributed by atoms with Crippen LogP contribution < -0.4 is 0 Å². The average molecular weight is 323 g/mol. The Kier molecular flexibility index (Phi) is 6.60. The number of hydrogen-bond donors (Lipinski definition) is 0. The van der Waals surface area contributed by atoms with E-state index in [2.05, 4.69) is 36.7 Å². The Balaban J connectivity index is 2.76. The number of halogens is 1. The van der Waals surface area contributed by atoms with Crippen molar-refractivity contribution >= 4 is 21.9 Å². The molecule has 0 aliphatic carbocycles. The molecule has 5 atom stereocenters. The molecule has 1 rings (SSSR count). The van der Waals surface area contributed by atoms with Gasteiger partial charge in [0.1, 0.15) is 0 Å². The topological polar surface area (TPSA) is 44.8 Å². The lowest BCUT2D eigenvalue weighted by molar-refractivity contribution is -0.273. The van der Waals surface area contributed by atoms with Gasteiger partial charge in [0.05, 0.1) is 12.7 Å².